The van der Waals surface area contributed by atoms with Gasteiger partial charge in [-0.1, -0.05) is 109 Å². The summed E-state index contributed by atoms with van der Waals surface area (Å²) in [7, 11) is 0. The van der Waals surface area contributed by atoms with Gasteiger partial charge < -0.3 is 29.2 Å². The van der Waals surface area contributed by atoms with Crippen LogP contribution in [-0.2, 0) is 25.5 Å². The maximum Gasteiger partial charge on any atom is 0.261 e. The fraction of sp³-hybridized carbons (Fsp3) is 0.800. The summed E-state index contributed by atoms with van der Waals surface area (Å²) >= 11 is 0. The smallest absolute Gasteiger partial charge is 0.261 e. The van der Waals surface area contributed by atoms with Gasteiger partial charge in [0.25, 0.3) is 5.56 Å². The quantitative estimate of drug-likeness (QED) is 0.0788. The molecule has 0 radical (unpaired) electrons. The van der Waals surface area contributed by atoms with Crippen molar-refractivity contribution in [2.45, 2.75) is 181 Å². The molecule has 6 unspecified atom stereocenters. The molecule has 0 bridgehead atoms. The van der Waals surface area contributed by atoms with Gasteiger partial charge in [-0.05, 0) is 53.2 Å². The van der Waals surface area contributed by atoms with Crippen LogP contribution in [-0.4, -0.2) is 76.7 Å². The summed E-state index contributed by atoms with van der Waals surface area (Å²) in [5.74, 6) is 0.413. The van der Waals surface area contributed by atoms with Gasteiger partial charge in [0.15, 0.2) is 0 Å². The highest BCUT2D eigenvalue weighted by atomic mass is 16.6. The lowest BCUT2D eigenvalue weighted by molar-refractivity contribution is -0.0919. The molecule has 1 aromatic heterocycles. The van der Waals surface area contributed by atoms with Gasteiger partial charge in [-0.15, -0.1) is 0 Å². The van der Waals surface area contributed by atoms with E-state index in [1.54, 1.807) is 17.6 Å². The van der Waals surface area contributed by atoms with Crippen LogP contribution in [0.1, 0.15) is 150 Å². The predicted molar refractivity (Wildman–Crippen MR) is 199 cm³/mol. The predicted octanol–water partition coefficient (Wildman–Crippen LogP) is 8.30. The molecule has 2 rings (SSSR count). The number of ether oxygens (including phenoxy) is 4. The number of rotatable bonds is 30. The Morgan fingerprint density at radius 3 is 1.59 bits per heavy atom. The van der Waals surface area contributed by atoms with E-state index < -0.39 is 12.2 Å². The fourth-order valence-electron chi connectivity index (χ4n) is 5.93. The molecule has 9 nitrogen and oxygen atoms in total. The molecule has 2 aromatic rings. The minimum atomic E-state index is -0.814. The monoisotopic (exact) mass is 691 g/mol. The normalized spacial score (nSPS) is 15.7. The molecule has 1 aromatic carbocycles. The molecular formula is C40H70N2O7. The molecule has 6 atom stereocenters. The van der Waals surface area contributed by atoms with E-state index in [0.29, 0.717) is 49.5 Å². The molecule has 9 heteroatoms. The maximum absolute atomic E-state index is 13.6. The number of aromatic nitrogens is 2. The molecule has 0 fully saturated rings. The van der Waals surface area contributed by atoms with Gasteiger partial charge in [-0.25, -0.2) is 4.98 Å². The van der Waals surface area contributed by atoms with Crippen LogP contribution in [0, 0.1) is 0 Å². The molecule has 2 N–H and O–H groups in total. The van der Waals surface area contributed by atoms with Crippen LogP contribution in [0.3, 0.4) is 0 Å². The molecule has 0 spiro atoms. The van der Waals surface area contributed by atoms with Crippen LogP contribution in [0.4, 0.5) is 0 Å². The number of fused-ring (bicyclic) bond motifs is 1. The summed E-state index contributed by atoms with van der Waals surface area (Å²) in [5.41, 5.74) is 0.451. The van der Waals surface area contributed by atoms with E-state index in [9.17, 15) is 15.0 Å². The van der Waals surface area contributed by atoms with Crippen molar-refractivity contribution in [3.8, 4) is 0 Å². The van der Waals surface area contributed by atoms with Crippen LogP contribution in [0.25, 0.3) is 10.9 Å². The highest BCUT2D eigenvalue weighted by Crippen LogP contribution is 2.21. The van der Waals surface area contributed by atoms with E-state index in [4.69, 9.17) is 23.9 Å². The van der Waals surface area contributed by atoms with Crippen molar-refractivity contribution in [3.05, 3.63) is 40.4 Å². The maximum atomic E-state index is 13.6. The van der Waals surface area contributed by atoms with E-state index in [2.05, 4.69) is 6.92 Å². The second-order valence-corrected chi connectivity index (χ2v) is 14.2. The van der Waals surface area contributed by atoms with Gasteiger partial charge >= 0.3 is 0 Å². The third kappa shape index (κ3) is 18.8. The molecule has 0 saturated heterocycles. The highest BCUT2D eigenvalue weighted by molar-refractivity contribution is 5.77. The van der Waals surface area contributed by atoms with Gasteiger partial charge in [0.2, 0.25) is 0 Å². The van der Waals surface area contributed by atoms with Crippen LogP contribution in [0.15, 0.2) is 29.1 Å². The van der Waals surface area contributed by atoms with Crippen molar-refractivity contribution in [1.29, 1.82) is 0 Å². The van der Waals surface area contributed by atoms with Crippen LogP contribution in [0.2, 0.25) is 0 Å². The largest absolute Gasteiger partial charge is 0.391 e. The first-order valence-corrected chi connectivity index (χ1v) is 19.4. The second-order valence-electron chi connectivity index (χ2n) is 14.2. The molecule has 282 valence electrons. The first kappa shape index (κ1) is 43.3. The van der Waals surface area contributed by atoms with E-state index in [1.807, 2.05) is 45.9 Å². The minimum absolute atomic E-state index is 0.116. The first-order valence-electron chi connectivity index (χ1n) is 19.4. The van der Waals surface area contributed by atoms with Crippen molar-refractivity contribution < 1.29 is 29.2 Å². The summed E-state index contributed by atoms with van der Waals surface area (Å²) in [6, 6.07) is 7.33. The molecule has 0 aliphatic rings. The van der Waals surface area contributed by atoms with E-state index in [1.165, 1.54) is 77.0 Å². The van der Waals surface area contributed by atoms with Gasteiger partial charge in [0.1, 0.15) is 11.9 Å². The number of hydrogen-bond acceptors (Lipinski definition) is 8. The zero-order valence-electron chi connectivity index (χ0n) is 31.7. The SMILES string of the molecule is CCCCCCCCCCCCCCCCC(O)c1nc2ccccc2c(=O)n1CC(C)OCC(C)OCC(C)OCC(C)OCC(C)O. The van der Waals surface area contributed by atoms with Crippen molar-refractivity contribution >= 4 is 10.9 Å². The standard InChI is InChI=1S/C40H70N2O7/c1-7-8-9-10-11-12-13-14-15-16-17-18-19-20-25-38(44)39-41-37-24-22-21-23-36(37)40(45)42(39)26-32(3)47-28-34(5)49-30-35(6)48-29-33(4)46-27-31(2)43/h21-24,31-35,38,43-44H,7-20,25-30H2,1-6H3. The Labute approximate surface area is 297 Å². The number of unbranched alkanes of at least 4 members (excludes halogenated alkanes) is 13. The Morgan fingerprint density at radius 1 is 0.633 bits per heavy atom. The summed E-state index contributed by atoms with van der Waals surface area (Å²) in [4.78, 5) is 18.4. The van der Waals surface area contributed by atoms with Gasteiger partial charge in [-0.2, -0.15) is 0 Å². The number of hydrogen-bond donors (Lipinski definition) is 2. The number of nitrogens with zero attached hydrogens (tertiary/aromatic N) is 2. The lowest BCUT2D eigenvalue weighted by Crippen LogP contribution is -2.33. The number of para-hydroxylation sites is 1. The van der Waals surface area contributed by atoms with Crippen molar-refractivity contribution in [1.82, 2.24) is 9.55 Å². The summed E-state index contributed by atoms with van der Waals surface area (Å²) in [6.45, 7) is 13.4. The Balaban J connectivity index is 1.77. The van der Waals surface area contributed by atoms with Gasteiger partial charge in [-0.3, -0.25) is 9.36 Å². The number of aliphatic hydroxyl groups is 2. The highest BCUT2D eigenvalue weighted by Gasteiger charge is 2.20. The zero-order chi connectivity index (χ0) is 35.9. The van der Waals surface area contributed by atoms with Crippen molar-refractivity contribution in [2.75, 3.05) is 26.4 Å². The Hall–Kier alpha value is -1.88. The summed E-state index contributed by atoms with van der Waals surface area (Å²) < 4.78 is 25.0. The summed E-state index contributed by atoms with van der Waals surface area (Å²) in [5, 5.41) is 21.1. The molecule has 1 heterocycles. The second kappa shape index (κ2) is 26.0. The molecule has 0 amide bonds. The number of benzene rings is 1. The Morgan fingerprint density at radius 2 is 1.08 bits per heavy atom. The molecule has 49 heavy (non-hydrogen) atoms. The fourth-order valence-corrected chi connectivity index (χ4v) is 5.93. The minimum Gasteiger partial charge on any atom is -0.391 e. The number of aliphatic hydroxyl groups excluding tert-OH is 2. The van der Waals surface area contributed by atoms with Crippen LogP contribution in [0.5, 0.6) is 0 Å². The lowest BCUT2D eigenvalue weighted by Gasteiger charge is -2.23. The van der Waals surface area contributed by atoms with Gasteiger partial charge in [0.05, 0.1) is 74.4 Å². The van der Waals surface area contributed by atoms with Crippen LogP contribution < -0.4 is 5.56 Å². The van der Waals surface area contributed by atoms with Gasteiger partial charge in [0, 0.05) is 0 Å². The molecule has 0 aliphatic heterocycles. The third-order valence-electron chi connectivity index (χ3n) is 8.93. The lowest BCUT2D eigenvalue weighted by atomic mass is 10.0. The van der Waals surface area contributed by atoms with E-state index >= 15 is 0 Å². The zero-order valence-corrected chi connectivity index (χ0v) is 31.7. The molecule has 0 saturated carbocycles. The van der Waals surface area contributed by atoms with E-state index in [-0.39, 0.29) is 36.6 Å². The third-order valence-corrected chi connectivity index (χ3v) is 8.93. The Kier molecular flexibility index (Phi) is 22.9. The first-order chi connectivity index (χ1) is 23.6. The van der Waals surface area contributed by atoms with Crippen molar-refractivity contribution in [2.24, 2.45) is 0 Å². The van der Waals surface area contributed by atoms with E-state index in [0.717, 1.165) is 12.8 Å². The Bertz CT molecular complexity index is 1170. The average Bonchev–Trinajstić information content (AvgIpc) is 3.09. The van der Waals surface area contributed by atoms with Crippen molar-refractivity contribution in [3.63, 3.8) is 0 Å². The molecular weight excluding hydrogens is 620 g/mol. The topological polar surface area (TPSA) is 112 Å². The van der Waals surface area contributed by atoms with Crippen LogP contribution >= 0.6 is 0 Å². The average molecular weight is 691 g/mol. The molecule has 0 aliphatic carbocycles. The summed E-state index contributed by atoms with van der Waals surface area (Å²) in [6.07, 6.45) is 16.5.